The summed E-state index contributed by atoms with van der Waals surface area (Å²) in [5.41, 5.74) is 1.54. The van der Waals surface area contributed by atoms with Gasteiger partial charge in [0.15, 0.2) is 9.54 Å². The second-order valence-corrected chi connectivity index (χ2v) is 11.0. The van der Waals surface area contributed by atoms with E-state index < -0.39 is 5.25 Å². The van der Waals surface area contributed by atoms with Gasteiger partial charge in [-0.05, 0) is 63.3 Å². The Kier molecular flexibility index (Phi) is 7.02. The second kappa shape index (κ2) is 9.74. The Hall–Kier alpha value is -1.85. The highest BCUT2D eigenvalue weighted by Gasteiger charge is 2.31. The predicted molar refractivity (Wildman–Crippen MR) is 126 cm³/mol. The van der Waals surface area contributed by atoms with Gasteiger partial charge in [-0.3, -0.25) is 9.59 Å². The summed E-state index contributed by atoms with van der Waals surface area (Å²) in [6.07, 6.45) is 5.04. The largest absolute Gasteiger partial charge is 0.462 e. The number of anilines is 1. The van der Waals surface area contributed by atoms with Crippen molar-refractivity contribution in [1.82, 2.24) is 5.01 Å². The summed E-state index contributed by atoms with van der Waals surface area (Å²) in [5, 5.41) is 9.91. The predicted octanol–water partition coefficient (Wildman–Crippen LogP) is 3.86. The molecule has 0 radical (unpaired) electrons. The van der Waals surface area contributed by atoms with Gasteiger partial charge in [0, 0.05) is 17.8 Å². The smallest absolute Gasteiger partial charge is 0.341 e. The topological polar surface area (TPSA) is 100 Å². The molecule has 8 nitrogen and oxygen atoms in total. The molecule has 1 atom stereocenters. The zero-order valence-electron chi connectivity index (χ0n) is 17.4. The number of carbonyl (C=O) groups excluding carboxylic acids is 3. The number of amidine groups is 1. The molecular weight excluding hydrogens is 456 g/mol. The first-order valence-corrected chi connectivity index (χ1v) is 12.9. The van der Waals surface area contributed by atoms with Gasteiger partial charge >= 0.3 is 5.97 Å². The van der Waals surface area contributed by atoms with E-state index in [0.717, 1.165) is 36.1 Å². The highest BCUT2D eigenvalue weighted by molar-refractivity contribution is 8.45. The number of hydrogen-bond donors (Lipinski definition) is 1. The number of hydrazone groups is 1. The van der Waals surface area contributed by atoms with Crippen LogP contribution in [0.1, 0.15) is 60.3 Å². The number of nitrogens with zero attached hydrogens (tertiary/aromatic N) is 3. The van der Waals surface area contributed by atoms with Gasteiger partial charge < -0.3 is 10.1 Å². The minimum absolute atomic E-state index is 0.134. The van der Waals surface area contributed by atoms with E-state index in [1.165, 1.54) is 34.9 Å². The van der Waals surface area contributed by atoms with Crippen molar-refractivity contribution < 1.29 is 19.1 Å². The average Bonchev–Trinajstić information content (AvgIpc) is 3.23. The van der Waals surface area contributed by atoms with Crippen molar-refractivity contribution in [2.45, 2.75) is 57.6 Å². The van der Waals surface area contributed by atoms with Crippen LogP contribution < -0.4 is 5.32 Å². The number of aliphatic imine (C=N–C) groups is 1. The van der Waals surface area contributed by atoms with E-state index in [9.17, 15) is 14.4 Å². The number of rotatable bonds is 5. The molecule has 31 heavy (non-hydrogen) atoms. The summed E-state index contributed by atoms with van der Waals surface area (Å²) in [6.45, 7) is 4.52. The molecule has 0 saturated heterocycles. The van der Waals surface area contributed by atoms with Crippen LogP contribution >= 0.6 is 34.9 Å². The minimum Gasteiger partial charge on any atom is -0.462 e. The molecule has 3 aliphatic rings. The Morgan fingerprint density at radius 1 is 1.26 bits per heavy atom. The molecule has 0 bridgehead atoms. The lowest BCUT2D eigenvalue weighted by Crippen LogP contribution is -2.24. The molecule has 11 heteroatoms. The lowest BCUT2D eigenvalue weighted by molar-refractivity contribution is -0.118. The van der Waals surface area contributed by atoms with Crippen LogP contribution in [0.5, 0.6) is 0 Å². The molecule has 0 unspecified atom stereocenters. The summed E-state index contributed by atoms with van der Waals surface area (Å²) in [4.78, 5) is 42.5. The highest BCUT2D eigenvalue weighted by Crippen LogP contribution is 2.39. The van der Waals surface area contributed by atoms with E-state index in [0.29, 0.717) is 46.1 Å². The van der Waals surface area contributed by atoms with Crippen molar-refractivity contribution in [1.29, 1.82) is 0 Å². The SMILES string of the molecule is CCOC(=O)c1c(NC(=O)[C@@H](C)SC2=NN3CCCC(=O)N=C3S2)sc2c1CCCC2. The fourth-order valence-corrected chi connectivity index (χ4v) is 7.02. The molecule has 1 aromatic heterocycles. The summed E-state index contributed by atoms with van der Waals surface area (Å²) in [7, 11) is 0. The van der Waals surface area contributed by atoms with Crippen LogP contribution in [0.3, 0.4) is 0 Å². The van der Waals surface area contributed by atoms with E-state index in [2.05, 4.69) is 15.4 Å². The molecule has 1 N–H and O–H groups in total. The van der Waals surface area contributed by atoms with E-state index in [1.54, 1.807) is 18.9 Å². The molecule has 2 amide bonds. The van der Waals surface area contributed by atoms with Crippen molar-refractivity contribution in [3.8, 4) is 0 Å². The molecule has 4 rings (SSSR count). The second-order valence-electron chi connectivity index (χ2n) is 7.37. The van der Waals surface area contributed by atoms with Crippen molar-refractivity contribution in [3.63, 3.8) is 0 Å². The van der Waals surface area contributed by atoms with E-state index >= 15 is 0 Å². The molecular formula is C20H24N4O4S3. The number of esters is 1. The number of nitrogens with one attached hydrogen (secondary N) is 1. The van der Waals surface area contributed by atoms with Crippen LogP contribution in [-0.2, 0) is 27.2 Å². The maximum Gasteiger partial charge on any atom is 0.341 e. The number of amides is 2. The van der Waals surface area contributed by atoms with E-state index in [1.807, 2.05) is 0 Å². The fourth-order valence-electron chi connectivity index (χ4n) is 3.60. The Balaban J connectivity index is 1.45. The van der Waals surface area contributed by atoms with Gasteiger partial charge in [0.2, 0.25) is 11.8 Å². The third-order valence-electron chi connectivity index (χ3n) is 5.12. The number of thiophene rings is 1. The van der Waals surface area contributed by atoms with Gasteiger partial charge in [-0.25, -0.2) is 9.80 Å². The summed E-state index contributed by atoms with van der Waals surface area (Å²) < 4.78 is 5.95. The zero-order valence-corrected chi connectivity index (χ0v) is 19.9. The number of ether oxygens (including phenoxy) is 1. The Labute approximate surface area is 193 Å². The van der Waals surface area contributed by atoms with Gasteiger partial charge in [-0.1, -0.05) is 11.8 Å². The number of fused-ring (bicyclic) bond motifs is 2. The molecule has 0 fully saturated rings. The van der Waals surface area contributed by atoms with Crippen LogP contribution in [-0.4, -0.2) is 50.7 Å². The number of hydrogen-bond acceptors (Lipinski definition) is 9. The fraction of sp³-hybridized carbons (Fsp3) is 0.550. The first-order chi connectivity index (χ1) is 15.0. The maximum absolute atomic E-state index is 12.9. The van der Waals surface area contributed by atoms with Crippen molar-refractivity contribution >= 4 is 67.2 Å². The zero-order chi connectivity index (χ0) is 22.0. The van der Waals surface area contributed by atoms with E-state index in [4.69, 9.17) is 4.74 Å². The monoisotopic (exact) mass is 480 g/mol. The van der Waals surface area contributed by atoms with Crippen LogP contribution in [0.4, 0.5) is 5.00 Å². The first-order valence-electron chi connectivity index (χ1n) is 10.4. The Morgan fingerprint density at radius 3 is 2.87 bits per heavy atom. The molecule has 1 aliphatic carbocycles. The number of aryl methyl sites for hydroxylation is 1. The normalized spacial score (nSPS) is 19.0. The molecule has 166 valence electrons. The van der Waals surface area contributed by atoms with Gasteiger partial charge in [-0.2, -0.15) is 10.1 Å². The van der Waals surface area contributed by atoms with Crippen molar-refractivity contribution in [2.24, 2.45) is 10.1 Å². The van der Waals surface area contributed by atoms with Crippen molar-refractivity contribution in [2.75, 3.05) is 18.5 Å². The van der Waals surface area contributed by atoms with Crippen LogP contribution in [0, 0.1) is 0 Å². The third-order valence-corrected chi connectivity index (χ3v) is 8.45. The molecule has 0 saturated carbocycles. The third kappa shape index (κ3) is 4.98. The molecule has 2 aliphatic heterocycles. The maximum atomic E-state index is 12.9. The molecule has 0 aromatic carbocycles. The minimum atomic E-state index is -0.430. The van der Waals surface area contributed by atoms with Crippen molar-refractivity contribution in [3.05, 3.63) is 16.0 Å². The summed E-state index contributed by atoms with van der Waals surface area (Å²) in [5.74, 6) is -0.702. The van der Waals surface area contributed by atoms with Gasteiger partial charge in [-0.15, -0.1) is 11.3 Å². The quantitative estimate of drug-likeness (QED) is 0.639. The van der Waals surface area contributed by atoms with Gasteiger partial charge in [0.25, 0.3) is 0 Å². The lowest BCUT2D eigenvalue weighted by Gasteiger charge is -2.13. The number of thioether (sulfide) groups is 2. The molecule has 1 aromatic rings. The average molecular weight is 481 g/mol. The van der Waals surface area contributed by atoms with Gasteiger partial charge in [0.1, 0.15) is 5.00 Å². The Morgan fingerprint density at radius 2 is 2.06 bits per heavy atom. The van der Waals surface area contributed by atoms with Crippen LogP contribution in [0.25, 0.3) is 0 Å². The lowest BCUT2D eigenvalue weighted by atomic mass is 9.95. The van der Waals surface area contributed by atoms with Gasteiger partial charge in [0.05, 0.1) is 17.4 Å². The summed E-state index contributed by atoms with van der Waals surface area (Å²) in [6, 6.07) is 0. The number of carbonyl (C=O) groups is 3. The summed E-state index contributed by atoms with van der Waals surface area (Å²) >= 11 is 4.12. The molecule has 0 spiro atoms. The molecule has 3 heterocycles. The first kappa shape index (κ1) is 22.3. The highest BCUT2D eigenvalue weighted by atomic mass is 32.2. The van der Waals surface area contributed by atoms with Crippen LogP contribution in [0.15, 0.2) is 10.1 Å². The van der Waals surface area contributed by atoms with Crippen LogP contribution in [0.2, 0.25) is 0 Å². The van der Waals surface area contributed by atoms with E-state index in [-0.39, 0.29) is 17.8 Å². The standard InChI is InChI=1S/C20H24N4O4S3/c1-3-28-18(27)15-12-7-4-5-8-13(12)30-17(15)22-16(26)11(2)29-20-23-24-10-6-9-14(25)21-19(24)31-20/h11H,3-10H2,1-2H3,(H,22,26)/t11-/m1/s1. The Bertz CT molecular complexity index is 972.